The molecule has 0 bridgehead atoms. The summed E-state index contributed by atoms with van der Waals surface area (Å²) in [5, 5.41) is 29.5. The van der Waals surface area contributed by atoms with Gasteiger partial charge in [-0.25, -0.2) is 4.99 Å². The third-order valence-electron chi connectivity index (χ3n) is 7.08. The SMILES string of the molecule is N#CCN=C(Nc1cc(Cl)cc(Cl)c1)N(Cc1ccc(C(=O)Nc2nn[nH]n2)cc1)c1ccc(C2CCCCC2)cc1. The number of nitrogens with one attached hydrogen (secondary N) is 3. The number of aromatic nitrogens is 4. The topological polar surface area (TPSA) is 135 Å². The average Bonchev–Trinajstić information content (AvgIpc) is 3.51. The van der Waals surface area contributed by atoms with Crippen LogP contribution in [0.5, 0.6) is 0 Å². The first-order valence-electron chi connectivity index (χ1n) is 13.6. The smallest absolute Gasteiger partial charge is 0.270 e. The van der Waals surface area contributed by atoms with Crippen LogP contribution in [-0.4, -0.2) is 39.0 Å². The molecule has 1 amide bonds. The molecule has 3 N–H and O–H groups in total. The number of guanidine groups is 1. The molecular formula is C30H29Cl2N9O. The molecule has 0 saturated heterocycles. The van der Waals surface area contributed by atoms with Gasteiger partial charge in [0.1, 0.15) is 6.54 Å². The zero-order valence-electron chi connectivity index (χ0n) is 22.7. The first-order valence-corrected chi connectivity index (χ1v) is 14.4. The molecule has 0 aliphatic heterocycles. The lowest BCUT2D eigenvalue weighted by molar-refractivity contribution is 0.102. The van der Waals surface area contributed by atoms with E-state index in [0.29, 0.717) is 39.7 Å². The number of aromatic amines is 1. The van der Waals surface area contributed by atoms with Crippen LogP contribution in [-0.2, 0) is 6.54 Å². The molecule has 42 heavy (non-hydrogen) atoms. The van der Waals surface area contributed by atoms with Crippen molar-refractivity contribution in [2.75, 3.05) is 22.1 Å². The van der Waals surface area contributed by atoms with Gasteiger partial charge in [0, 0.05) is 27.0 Å². The van der Waals surface area contributed by atoms with E-state index in [1.165, 1.54) is 37.7 Å². The number of H-pyrrole nitrogens is 1. The molecule has 5 rings (SSSR count). The number of amides is 1. The highest BCUT2D eigenvalue weighted by atomic mass is 35.5. The summed E-state index contributed by atoms with van der Waals surface area (Å²) in [5.74, 6) is 0.774. The Bertz CT molecular complexity index is 1540. The molecule has 10 nitrogen and oxygen atoms in total. The Morgan fingerprint density at radius 2 is 1.71 bits per heavy atom. The fourth-order valence-electron chi connectivity index (χ4n) is 5.04. The molecule has 12 heteroatoms. The first kappa shape index (κ1) is 29.0. The number of tetrazole rings is 1. The summed E-state index contributed by atoms with van der Waals surface area (Å²) in [6.45, 7) is 0.351. The van der Waals surface area contributed by atoms with Gasteiger partial charge in [-0.1, -0.05) is 71.8 Å². The largest absolute Gasteiger partial charge is 0.326 e. The van der Waals surface area contributed by atoms with Crippen molar-refractivity contribution >= 4 is 52.4 Å². The highest BCUT2D eigenvalue weighted by Crippen LogP contribution is 2.34. The zero-order chi connectivity index (χ0) is 29.3. The molecule has 1 aromatic heterocycles. The van der Waals surface area contributed by atoms with Gasteiger partial charge in [0.05, 0.1) is 12.6 Å². The van der Waals surface area contributed by atoms with Crippen LogP contribution >= 0.6 is 23.2 Å². The minimum absolute atomic E-state index is 0.0531. The summed E-state index contributed by atoms with van der Waals surface area (Å²) >= 11 is 12.5. The number of carbonyl (C=O) groups is 1. The Morgan fingerprint density at radius 1 is 1.00 bits per heavy atom. The second kappa shape index (κ2) is 13.9. The Kier molecular flexibility index (Phi) is 9.64. The predicted molar refractivity (Wildman–Crippen MR) is 165 cm³/mol. The van der Waals surface area contributed by atoms with Crippen molar-refractivity contribution in [3.8, 4) is 6.07 Å². The van der Waals surface area contributed by atoms with E-state index in [2.05, 4.69) is 66.6 Å². The van der Waals surface area contributed by atoms with Crippen molar-refractivity contribution < 1.29 is 4.79 Å². The van der Waals surface area contributed by atoms with Crippen LogP contribution in [0.2, 0.25) is 10.0 Å². The number of benzene rings is 3. The van der Waals surface area contributed by atoms with E-state index in [4.69, 9.17) is 23.2 Å². The number of rotatable bonds is 8. The van der Waals surface area contributed by atoms with Crippen molar-refractivity contribution in [2.45, 2.75) is 44.6 Å². The fourth-order valence-corrected chi connectivity index (χ4v) is 5.57. The number of nitriles is 1. The highest BCUT2D eigenvalue weighted by molar-refractivity contribution is 6.35. The Balaban J connectivity index is 1.44. The van der Waals surface area contributed by atoms with Crippen molar-refractivity contribution in [2.24, 2.45) is 4.99 Å². The molecule has 4 aromatic rings. The van der Waals surface area contributed by atoms with Crippen LogP contribution in [0, 0.1) is 11.3 Å². The molecule has 0 atom stereocenters. The lowest BCUT2D eigenvalue weighted by atomic mass is 9.84. The molecule has 0 radical (unpaired) electrons. The van der Waals surface area contributed by atoms with E-state index >= 15 is 0 Å². The number of hydrogen-bond acceptors (Lipinski definition) is 6. The molecule has 214 valence electrons. The zero-order valence-corrected chi connectivity index (χ0v) is 24.2. The van der Waals surface area contributed by atoms with Gasteiger partial charge in [-0.15, -0.1) is 5.10 Å². The summed E-state index contributed by atoms with van der Waals surface area (Å²) in [4.78, 5) is 19.1. The lowest BCUT2D eigenvalue weighted by Crippen LogP contribution is -2.36. The van der Waals surface area contributed by atoms with Crippen LogP contribution in [0.25, 0.3) is 0 Å². The van der Waals surface area contributed by atoms with Gasteiger partial charge in [-0.2, -0.15) is 10.5 Å². The second-order valence-corrected chi connectivity index (χ2v) is 10.9. The maximum Gasteiger partial charge on any atom is 0.270 e. The summed E-state index contributed by atoms with van der Waals surface area (Å²) < 4.78 is 0. The van der Waals surface area contributed by atoms with Crippen LogP contribution < -0.4 is 15.5 Å². The van der Waals surface area contributed by atoms with Gasteiger partial charge in [-0.3, -0.25) is 10.1 Å². The van der Waals surface area contributed by atoms with E-state index in [1.54, 1.807) is 30.3 Å². The number of carbonyl (C=O) groups excluding carboxylic acids is 1. The Labute approximate surface area is 253 Å². The normalized spacial score (nSPS) is 13.8. The highest BCUT2D eigenvalue weighted by Gasteiger charge is 2.19. The van der Waals surface area contributed by atoms with Gasteiger partial charge < -0.3 is 10.2 Å². The van der Waals surface area contributed by atoms with Crippen molar-refractivity contribution in [3.05, 3.63) is 93.5 Å². The van der Waals surface area contributed by atoms with Crippen LogP contribution in [0.4, 0.5) is 17.3 Å². The van der Waals surface area contributed by atoms with E-state index in [0.717, 1.165) is 11.3 Å². The third kappa shape index (κ3) is 7.63. The number of nitrogens with zero attached hydrogens (tertiary/aromatic N) is 6. The maximum atomic E-state index is 12.6. The number of hydrogen-bond donors (Lipinski definition) is 3. The van der Waals surface area contributed by atoms with Gasteiger partial charge in [0.15, 0.2) is 0 Å². The predicted octanol–water partition coefficient (Wildman–Crippen LogP) is 6.80. The van der Waals surface area contributed by atoms with E-state index in [-0.39, 0.29) is 18.4 Å². The van der Waals surface area contributed by atoms with Crippen LogP contribution in [0.1, 0.15) is 59.5 Å². The molecule has 1 heterocycles. The van der Waals surface area contributed by atoms with Gasteiger partial charge in [0.25, 0.3) is 11.9 Å². The number of aliphatic imine (C=N–C) groups is 1. The standard InChI is InChI=1S/C30H29Cl2N9O/c31-24-16-25(32)18-26(17-24)35-30(34-15-14-33)41(27-12-10-22(11-13-27)21-4-2-1-3-5-21)19-20-6-8-23(9-7-20)28(42)36-29-37-39-40-38-29/h6-13,16-18,21H,1-5,15,19H2,(H,34,35)(H2,36,37,38,39,40,42). The van der Waals surface area contributed by atoms with Crippen LogP contribution in [0.3, 0.4) is 0 Å². The first-order chi connectivity index (χ1) is 20.5. The van der Waals surface area contributed by atoms with Gasteiger partial charge in [0.2, 0.25) is 5.96 Å². The van der Waals surface area contributed by atoms with Crippen LogP contribution in [0.15, 0.2) is 71.7 Å². The third-order valence-corrected chi connectivity index (χ3v) is 7.52. The number of halogens is 2. The summed E-state index contributed by atoms with van der Waals surface area (Å²) in [7, 11) is 0. The van der Waals surface area contributed by atoms with Gasteiger partial charge in [-0.05, 0) is 77.6 Å². The minimum Gasteiger partial charge on any atom is -0.326 e. The van der Waals surface area contributed by atoms with Crippen molar-refractivity contribution in [1.29, 1.82) is 5.26 Å². The van der Waals surface area contributed by atoms with Crippen molar-refractivity contribution in [1.82, 2.24) is 20.6 Å². The molecule has 3 aromatic carbocycles. The molecule has 0 unspecified atom stereocenters. The molecule has 0 spiro atoms. The van der Waals surface area contributed by atoms with E-state index in [1.807, 2.05) is 17.0 Å². The van der Waals surface area contributed by atoms with Gasteiger partial charge >= 0.3 is 0 Å². The molecule has 1 aliphatic rings. The fraction of sp³-hybridized carbons (Fsp3) is 0.267. The quantitative estimate of drug-likeness (QED) is 0.115. The minimum atomic E-state index is -0.353. The van der Waals surface area contributed by atoms with E-state index in [9.17, 15) is 10.1 Å². The summed E-state index contributed by atoms with van der Waals surface area (Å²) in [6, 6.07) is 23.0. The van der Waals surface area contributed by atoms with E-state index < -0.39 is 0 Å². The monoisotopic (exact) mass is 601 g/mol. The maximum absolute atomic E-state index is 12.6. The Morgan fingerprint density at radius 3 is 2.36 bits per heavy atom. The molecule has 1 fully saturated rings. The number of anilines is 3. The second-order valence-electron chi connectivity index (χ2n) is 9.98. The Hall–Kier alpha value is -4.46. The molecule has 1 aliphatic carbocycles. The lowest BCUT2D eigenvalue weighted by Gasteiger charge is -2.28. The summed E-state index contributed by atoms with van der Waals surface area (Å²) in [5.41, 5.74) is 4.22. The summed E-state index contributed by atoms with van der Waals surface area (Å²) in [6.07, 6.45) is 6.25. The molecular weight excluding hydrogens is 573 g/mol. The van der Waals surface area contributed by atoms with Crippen molar-refractivity contribution in [3.63, 3.8) is 0 Å². The molecule has 1 saturated carbocycles. The average molecular weight is 603 g/mol.